The summed E-state index contributed by atoms with van der Waals surface area (Å²) >= 11 is 1.18. The number of nitrogens with zero attached hydrogens (tertiary/aromatic N) is 1. The van der Waals surface area contributed by atoms with Crippen LogP contribution in [0.3, 0.4) is 0 Å². The molecule has 8 heteroatoms. The lowest BCUT2D eigenvalue weighted by Gasteiger charge is -2.37. The highest BCUT2D eigenvalue weighted by atomic mass is 35.5. The molecule has 1 fully saturated rings. The summed E-state index contributed by atoms with van der Waals surface area (Å²) in [6.07, 6.45) is 2.34. The Balaban J connectivity index is 0.00000264. The lowest BCUT2D eigenvalue weighted by atomic mass is 9.79. The summed E-state index contributed by atoms with van der Waals surface area (Å²) in [5, 5.41) is 8.18. The van der Waals surface area contributed by atoms with Crippen LogP contribution in [-0.2, 0) is 16.1 Å². The van der Waals surface area contributed by atoms with Crippen LogP contribution >= 0.6 is 23.7 Å². The van der Waals surface area contributed by atoms with E-state index in [0.717, 1.165) is 31.6 Å². The van der Waals surface area contributed by atoms with Crippen LogP contribution in [0.4, 0.5) is 0 Å². The number of piperidine rings is 1. The zero-order valence-electron chi connectivity index (χ0n) is 13.7. The Kier molecular flexibility index (Phi) is 8.25. The fraction of sp³-hybridized carbons (Fsp3) is 0.733. The lowest BCUT2D eigenvalue weighted by molar-refractivity contribution is -0.122. The van der Waals surface area contributed by atoms with Crippen molar-refractivity contribution in [2.45, 2.75) is 32.7 Å². The van der Waals surface area contributed by atoms with Gasteiger partial charge in [-0.25, -0.2) is 0 Å². The highest BCUT2D eigenvalue weighted by molar-refractivity contribution is 7.07. The normalized spacial score (nSPS) is 16.6. The smallest absolute Gasteiger partial charge is 0.307 e. The Hall–Kier alpha value is -0.890. The van der Waals surface area contributed by atoms with Crippen LogP contribution < -0.4 is 15.5 Å². The van der Waals surface area contributed by atoms with Crippen LogP contribution in [0.2, 0.25) is 0 Å². The van der Waals surface area contributed by atoms with Crippen molar-refractivity contribution < 1.29 is 9.53 Å². The van der Waals surface area contributed by atoms with Crippen molar-refractivity contribution >= 4 is 29.7 Å². The van der Waals surface area contributed by atoms with E-state index >= 15 is 0 Å². The summed E-state index contributed by atoms with van der Waals surface area (Å²) in [4.78, 5) is 23.7. The first-order valence-corrected chi connectivity index (χ1v) is 8.56. The second-order valence-corrected chi connectivity index (χ2v) is 6.83. The summed E-state index contributed by atoms with van der Waals surface area (Å²) in [5.74, 6) is -0.00786. The van der Waals surface area contributed by atoms with Gasteiger partial charge in [-0.1, -0.05) is 11.3 Å². The maximum Gasteiger partial charge on any atom is 0.307 e. The van der Waals surface area contributed by atoms with Crippen LogP contribution in [0, 0.1) is 12.3 Å². The van der Waals surface area contributed by atoms with E-state index in [1.165, 1.54) is 11.3 Å². The maximum atomic E-state index is 12.1. The molecule has 6 nitrogen and oxygen atoms in total. The number of rotatable bonds is 7. The van der Waals surface area contributed by atoms with Crippen molar-refractivity contribution in [1.29, 1.82) is 0 Å². The molecular formula is C15H26ClN3O3S. The number of amides is 1. The second kappa shape index (κ2) is 9.42. The van der Waals surface area contributed by atoms with E-state index in [1.54, 1.807) is 11.7 Å². The zero-order valence-corrected chi connectivity index (χ0v) is 15.4. The van der Waals surface area contributed by atoms with Gasteiger partial charge in [0.05, 0.1) is 6.61 Å². The molecule has 1 aliphatic heterocycles. The zero-order chi connectivity index (χ0) is 16.0. The summed E-state index contributed by atoms with van der Waals surface area (Å²) in [6.45, 7) is 5.56. The molecular weight excluding hydrogens is 338 g/mol. The maximum absolute atomic E-state index is 12.1. The Morgan fingerprint density at radius 1 is 1.48 bits per heavy atom. The quantitative estimate of drug-likeness (QED) is 0.762. The third kappa shape index (κ3) is 5.60. The highest BCUT2D eigenvalue weighted by Gasteiger charge is 2.32. The van der Waals surface area contributed by atoms with Crippen LogP contribution in [0.25, 0.3) is 0 Å². The van der Waals surface area contributed by atoms with Crippen LogP contribution in [-0.4, -0.2) is 43.8 Å². The van der Waals surface area contributed by atoms with Gasteiger partial charge in [0.1, 0.15) is 0 Å². The molecule has 0 bridgehead atoms. The number of ether oxygens (including phenoxy) is 1. The Morgan fingerprint density at radius 2 is 2.17 bits per heavy atom. The third-order valence-electron chi connectivity index (χ3n) is 4.31. The lowest BCUT2D eigenvalue weighted by Crippen LogP contribution is -2.47. The molecule has 0 atom stereocenters. The summed E-state index contributed by atoms with van der Waals surface area (Å²) in [6, 6.07) is 0. The van der Waals surface area contributed by atoms with Crippen molar-refractivity contribution in [3.8, 4) is 0 Å². The van der Waals surface area contributed by atoms with Crippen LogP contribution in [0.5, 0.6) is 0 Å². The summed E-state index contributed by atoms with van der Waals surface area (Å²) in [5.41, 5.74) is 0.946. The number of halogens is 1. The fourth-order valence-electron chi connectivity index (χ4n) is 2.90. The first-order valence-electron chi connectivity index (χ1n) is 7.68. The monoisotopic (exact) mass is 363 g/mol. The molecule has 0 unspecified atom stereocenters. The number of hydrogen-bond acceptors (Lipinski definition) is 5. The number of nitrogens with one attached hydrogen (secondary N) is 2. The Bertz CT molecular complexity index is 547. The van der Waals surface area contributed by atoms with Gasteiger partial charge in [0.2, 0.25) is 5.91 Å². The molecule has 1 saturated heterocycles. The predicted molar refractivity (Wildman–Crippen MR) is 94.6 cm³/mol. The van der Waals surface area contributed by atoms with Gasteiger partial charge in [0, 0.05) is 43.1 Å². The molecule has 0 spiro atoms. The summed E-state index contributed by atoms with van der Waals surface area (Å²) < 4.78 is 7.00. The molecule has 1 aromatic rings. The van der Waals surface area contributed by atoms with Gasteiger partial charge in [0.25, 0.3) is 0 Å². The SMILES string of the molecule is COCC1(CNC(=O)CCn2c(C)csc2=O)CCNCC1.Cl. The number of hydrogen-bond donors (Lipinski definition) is 2. The molecule has 132 valence electrons. The minimum absolute atomic E-state index is 0. The number of methoxy groups -OCH3 is 1. The molecule has 2 N–H and O–H groups in total. The van der Waals surface area contributed by atoms with Gasteiger partial charge in [-0.15, -0.1) is 12.4 Å². The van der Waals surface area contributed by atoms with Crippen molar-refractivity contribution in [3.63, 3.8) is 0 Å². The third-order valence-corrected chi connectivity index (χ3v) is 5.20. The van der Waals surface area contributed by atoms with Crippen molar-refractivity contribution in [1.82, 2.24) is 15.2 Å². The molecule has 2 rings (SSSR count). The molecule has 1 aromatic heterocycles. The minimum atomic E-state index is -0.00786. The molecule has 1 amide bonds. The number of aryl methyl sites for hydroxylation is 1. The topological polar surface area (TPSA) is 72.4 Å². The summed E-state index contributed by atoms with van der Waals surface area (Å²) in [7, 11) is 1.71. The standard InChI is InChI=1S/C15H25N3O3S.ClH/c1-12-9-22-14(20)18(12)8-3-13(19)17-10-15(11-21-2)4-6-16-7-5-15;/h9,16H,3-8,10-11H2,1-2H3,(H,17,19);1H. The average molecular weight is 364 g/mol. The highest BCUT2D eigenvalue weighted by Crippen LogP contribution is 2.28. The van der Waals surface area contributed by atoms with E-state index < -0.39 is 0 Å². The number of thiazole rings is 1. The van der Waals surface area contributed by atoms with Gasteiger partial charge < -0.3 is 19.9 Å². The van der Waals surface area contributed by atoms with Gasteiger partial charge in [0.15, 0.2) is 0 Å². The molecule has 2 heterocycles. The van der Waals surface area contributed by atoms with E-state index in [9.17, 15) is 9.59 Å². The van der Waals surface area contributed by atoms with Gasteiger partial charge in [-0.05, 0) is 32.9 Å². The van der Waals surface area contributed by atoms with E-state index in [1.807, 2.05) is 12.3 Å². The molecule has 23 heavy (non-hydrogen) atoms. The Morgan fingerprint density at radius 3 is 2.74 bits per heavy atom. The average Bonchev–Trinajstić information content (AvgIpc) is 2.83. The van der Waals surface area contributed by atoms with Gasteiger partial charge >= 0.3 is 4.87 Å². The number of carbonyl (C=O) groups excluding carboxylic acids is 1. The van der Waals surface area contributed by atoms with Crippen LogP contribution in [0.15, 0.2) is 10.2 Å². The molecule has 0 radical (unpaired) electrons. The van der Waals surface area contributed by atoms with Crippen molar-refractivity contribution in [3.05, 3.63) is 20.7 Å². The second-order valence-electron chi connectivity index (χ2n) is 6.00. The van der Waals surface area contributed by atoms with E-state index in [-0.39, 0.29) is 28.6 Å². The largest absolute Gasteiger partial charge is 0.384 e. The minimum Gasteiger partial charge on any atom is -0.384 e. The van der Waals surface area contributed by atoms with Crippen LogP contribution in [0.1, 0.15) is 25.0 Å². The predicted octanol–water partition coefficient (Wildman–Crippen LogP) is 1.16. The molecule has 0 saturated carbocycles. The van der Waals surface area contributed by atoms with Gasteiger partial charge in [-0.3, -0.25) is 9.59 Å². The first-order chi connectivity index (χ1) is 10.6. The number of aromatic nitrogens is 1. The first kappa shape index (κ1) is 20.2. The van der Waals surface area contributed by atoms with Crippen molar-refractivity contribution in [2.24, 2.45) is 5.41 Å². The van der Waals surface area contributed by atoms with E-state index in [2.05, 4.69) is 10.6 Å². The fourth-order valence-corrected chi connectivity index (χ4v) is 3.66. The molecule has 0 aliphatic carbocycles. The van der Waals surface area contributed by atoms with E-state index in [0.29, 0.717) is 26.1 Å². The molecule has 0 aromatic carbocycles. The van der Waals surface area contributed by atoms with Crippen molar-refractivity contribution in [2.75, 3.05) is 33.4 Å². The van der Waals surface area contributed by atoms with E-state index in [4.69, 9.17) is 4.74 Å². The van der Waals surface area contributed by atoms with Gasteiger partial charge in [-0.2, -0.15) is 0 Å². The molecule has 1 aliphatic rings. The number of carbonyl (C=O) groups is 1. The Labute approximate surface area is 147 Å².